The smallest absolute Gasteiger partial charge is 0.368 e. The van der Waals surface area contributed by atoms with Gasteiger partial charge in [0.05, 0.1) is 5.56 Å². The third-order valence-corrected chi connectivity index (χ3v) is 5.30. The molecular formula is C23H28F3N5O. The number of aliphatic imine (C=N–C) groups is 1. The molecule has 0 aromatic heterocycles. The van der Waals surface area contributed by atoms with Gasteiger partial charge in [0.2, 0.25) is 5.91 Å². The lowest BCUT2D eigenvalue weighted by Gasteiger charge is -2.37. The van der Waals surface area contributed by atoms with Crippen LogP contribution in [0.4, 0.5) is 24.5 Å². The second kappa shape index (κ2) is 10.4. The van der Waals surface area contributed by atoms with Crippen LogP contribution in [0.1, 0.15) is 18.1 Å². The van der Waals surface area contributed by atoms with E-state index in [-0.39, 0.29) is 5.91 Å². The zero-order valence-electron chi connectivity index (χ0n) is 18.2. The highest BCUT2D eigenvalue weighted by Crippen LogP contribution is 2.31. The van der Waals surface area contributed by atoms with Gasteiger partial charge in [0.1, 0.15) is 0 Å². The number of alkyl halides is 3. The van der Waals surface area contributed by atoms with Crippen molar-refractivity contribution in [1.82, 2.24) is 10.2 Å². The van der Waals surface area contributed by atoms with Gasteiger partial charge in [0.15, 0.2) is 5.96 Å². The van der Waals surface area contributed by atoms with E-state index in [9.17, 15) is 18.0 Å². The lowest BCUT2D eigenvalue weighted by molar-refractivity contribution is -0.137. The number of amides is 1. The summed E-state index contributed by atoms with van der Waals surface area (Å²) in [5.74, 6) is 0.680. The van der Waals surface area contributed by atoms with Crippen molar-refractivity contribution in [2.45, 2.75) is 19.5 Å². The van der Waals surface area contributed by atoms with Crippen LogP contribution >= 0.6 is 0 Å². The van der Waals surface area contributed by atoms with Crippen LogP contribution in [0.25, 0.3) is 0 Å². The molecule has 0 bridgehead atoms. The number of carbonyl (C=O) groups is 1. The van der Waals surface area contributed by atoms with E-state index >= 15 is 0 Å². The highest BCUT2D eigenvalue weighted by molar-refractivity contribution is 5.88. The lowest BCUT2D eigenvalue weighted by Crippen LogP contribution is -2.52. The van der Waals surface area contributed by atoms with Crippen molar-refractivity contribution < 1.29 is 18.0 Å². The molecule has 1 aliphatic rings. The second-order valence-electron chi connectivity index (χ2n) is 7.62. The van der Waals surface area contributed by atoms with Crippen molar-refractivity contribution in [3.8, 4) is 0 Å². The number of guanidine groups is 1. The molecule has 2 aromatic rings. The first-order valence-electron chi connectivity index (χ1n) is 10.5. The van der Waals surface area contributed by atoms with E-state index in [0.717, 1.165) is 29.7 Å². The zero-order valence-corrected chi connectivity index (χ0v) is 18.2. The van der Waals surface area contributed by atoms with Gasteiger partial charge in [-0.15, -0.1) is 0 Å². The van der Waals surface area contributed by atoms with E-state index in [1.165, 1.54) is 19.1 Å². The quantitative estimate of drug-likeness (QED) is 0.543. The fraction of sp³-hybridized carbons (Fsp3) is 0.391. The van der Waals surface area contributed by atoms with Crippen LogP contribution in [0.3, 0.4) is 0 Å². The number of benzene rings is 2. The third-order valence-electron chi connectivity index (χ3n) is 5.30. The average Bonchev–Trinajstić information content (AvgIpc) is 2.77. The molecule has 1 saturated heterocycles. The molecule has 0 spiro atoms. The standard InChI is InChI=1S/C23H28F3N5O/c1-17(32)29-20-8-6-18(7-9-20)10-11-28-22(27-2)31-14-12-30(13-15-31)21-5-3-4-19(16-21)23(24,25)26/h3-9,16H,10-15H2,1-2H3,(H,27,28)(H,29,32). The van der Waals surface area contributed by atoms with Crippen LogP contribution in [-0.4, -0.2) is 56.5 Å². The van der Waals surface area contributed by atoms with E-state index in [2.05, 4.69) is 20.5 Å². The van der Waals surface area contributed by atoms with Gasteiger partial charge in [-0.1, -0.05) is 18.2 Å². The number of hydrogen-bond acceptors (Lipinski definition) is 3. The number of nitrogens with zero attached hydrogens (tertiary/aromatic N) is 3. The average molecular weight is 448 g/mol. The highest BCUT2D eigenvalue weighted by Gasteiger charge is 2.31. The Labute approximate surface area is 186 Å². The number of halogens is 3. The van der Waals surface area contributed by atoms with Gasteiger partial charge in [-0.05, 0) is 42.3 Å². The minimum Gasteiger partial charge on any atom is -0.368 e. The molecule has 0 radical (unpaired) electrons. The molecule has 0 saturated carbocycles. The van der Waals surface area contributed by atoms with E-state index in [1.807, 2.05) is 29.2 Å². The first kappa shape index (κ1) is 23.4. The largest absolute Gasteiger partial charge is 0.416 e. The Bertz CT molecular complexity index is 935. The van der Waals surface area contributed by atoms with Gasteiger partial charge in [-0.2, -0.15) is 13.2 Å². The normalized spacial score (nSPS) is 15.0. The van der Waals surface area contributed by atoms with Gasteiger partial charge < -0.3 is 20.4 Å². The van der Waals surface area contributed by atoms with Gasteiger partial charge in [-0.3, -0.25) is 9.79 Å². The Balaban J connectivity index is 1.48. The summed E-state index contributed by atoms with van der Waals surface area (Å²) in [6.07, 6.45) is -3.54. The predicted octanol–water partition coefficient (Wildman–Crippen LogP) is 3.60. The number of piperazine rings is 1. The van der Waals surface area contributed by atoms with Gasteiger partial charge in [0.25, 0.3) is 0 Å². The summed E-state index contributed by atoms with van der Waals surface area (Å²) in [7, 11) is 1.73. The number of anilines is 2. The van der Waals surface area contributed by atoms with Crippen molar-refractivity contribution in [2.24, 2.45) is 4.99 Å². The van der Waals surface area contributed by atoms with Gasteiger partial charge in [0, 0.05) is 58.1 Å². The first-order chi connectivity index (χ1) is 15.3. The second-order valence-corrected chi connectivity index (χ2v) is 7.62. The molecule has 9 heteroatoms. The molecule has 2 aromatic carbocycles. The Morgan fingerprint density at radius 2 is 1.75 bits per heavy atom. The minimum atomic E-state index is -4.34. The van der Waals surface area contributed by atoms with Gasteiger partial charge in [-0.25, -0.2) is 0 Å². The van der Waals surface area contributed by atoms with E-state index in [1.54, 1.807) is 13.1 Å². The van der Waals surface area contributed by atoms with Crippen molar-refractivity contribution in [3.63, 3.8) is 0 Å². The number of nitrogens with one attached hydrogen (secondary N) is 2. The molecule has 172 valence electrons. The predicted molar refractivity (Wildman–Crippen MR) is 121 cm³/mol. The van der Waals surface area contributed by atoms with E-state index < -0.39 is 11.7 Å². The maximum Gasteiger partial charge on any atom is 0.416 e. The molecular weight excluding hydrogens is 419 g/mol. The van der Waals surface area contributed by atoms with Gasteiger partial charge >= 0.3 is 6.18 Å². The molecule has 1 aliphatic heterocycles. The van der Waals surface area contributed by atoms with E-state index in [4.69, 9.17) is 0 Å². The maximum absolute atomic E-state index is 13.0. The fourth-order valence-electron chi connectivity index (χ4n) is 3.66. The summed E-state index contributed by atoms with van der Waals surface area (Å²) in [6, 6.07) is 13.2. The third kappa shape index (κ3) is 6.38. The van der Waals surface area contributed by atoms with Crippen LogP contribution in [0.2, 0.25) is 0 Å². The van der Waals surface area contributed by atoms with Crippen molar-refractivity contribution in [1.29, 1.82) is 0 Å². The number of hydrogen-bond donors (Lipinski definition) is 2. The molecule has 0 atom stereocenters. The summed E-state index contributed by atoms with van der Waals surface area (Å²) >= 11 is 0. The molecule has 3 rings (SSSR count). The van der Waals surface area contributed by atoms with Crippen LogP contribution in [0, 0.1) is 0 Å². The van der Waals surface area contributed by atoms with Crippen LogP contribution in [-0.2, 0) is 17.4 Å². The minimum absolute atomic E-state index is 0.101. The van der Waals surface area contributed by atoms with Crippen LogP contribution in [0.5, 0.6) is 0 Å². The topological polar surface area (TPSA) is 60.0 Å². The fourth-order valence-corrected chi connectivity index (χ4v) is 3.66. The van der Waals surface area contributed by atoms with Crippen LogP contribution < -0.4 is 15.5 Å². The highest BCUT2D eigenvalue weighted by atomic mass is 19.4. The number of rotatable bonds is 5. The SMILES string of the molecule is CN=C(NCCc1ccc(NC(C)=O)cc1)N1CCN(c2cccc(C(F)(F)F)c2)CC1. The Morgan fingerprint density at radius 3 is 2.34 bits per heavy atom. The summed E-state index contributed by atoms with van der Waals surface area (Å²) in [4.78, 5) is 19.5. The molecule has 6 nitrogen and oxygen atoms in total. The summed E-state index contributed by atoms with van der Waals surface area (Å²) in [5, 5.41) is 6.10. The number of carbonyl (C=O) groups excluding carboxylic acids is 1. The molecule has 32 heavy (non-hydrogen) atoms. The van der Waals surface area contributed by atoms with Crippen molar-refractivity contribution >= 4 is 23.2 Å². The molecule has 1 amide bonds. The monoisotopic (exact) mass is 447 g/mol. The van der Waals surface area contributed by atoms with Crippen molar-refractivity contribution in [2.75, 3.05) is 50.0 Å². The zero-order chi connectivity index (χ0) is 23.1. The first-order valence-corrected chi connectivity index (χ1v) is 10.5. The Kier molecular flexibility index (Phi) is 7.61. The molecule has 0 aliphatic carbocycles. The summed E-state index contributed by atoms with van der Waals surface area (Å²) in [5.41, 5.74) is 1.87. The molecule has 0 unspecified atom stereocenters. The molecule has 2 N–H and O–H groups in total. The summed E-state index contributed by atoms with van der Waals surface area (Å²) < 4.78 is 39.0. The Morgan fingerprint density at radius 1 is 1.06 bits per heavy atom. The maximum atomic E-state index is 13.0. The van der Waals surface area contributed by atoms with Crippen molar-refractivity contribution in [3.05, 3.63) is 59.7 Å². The Hall–Kier alpha value is -3.23. The molecule has 1 fully saturated rings. The summed E-state index contributed by atoms with van der Waals surface area (Å²) in [6.45, 7) is 4.74. The van der Waals surface area contributed by atoms with E-state index in [0.29, 0.717) is 38.4 Å². The molecule has 1 heterocycles. The lowest BCUT2D eigenvalue weighted by atomic mass is 10.1. The van der Waals surface area contributed by atoms with Crippen LogP contribution in [0.15, 0.2) is 53.5 Å².